The maximum Gasteiger partial charge on any atom is 0.255 e. The van der Waals surface area contributed by atoms with Crippen LogP contribution in [0.25, 0.3) is 17.0 Å². The highest BCUT2D eigenvalue weighted by atomic mass is 16.3. The van der Waals surface area contributed by atoms with Crippen LogP contribution >= 0.6 is 0 Å². The fraction of sp³-hybridized carbons (Fsp3) is 0.0556. The monoisotopic (exact) mass is 292 g/mol. The Morgan fingerprint density at radius 3 is 2.77 bits per heavy atom. The van der Waals surface area contributed by atoms with E-state index in [1.54, 1.807) is 23.1 Å². The summed E-state index contributed by atoms with van der Waals surface area (Å²) in [5.41, 5.74) is 3.27. The fourth-order valence-corrected chi connectivity index (χ4v) is 2.26. The molecule has 0 spiro atoms. The SMILES string of the molecule is C=C(C)Nc1cccc(-n2cc(-c3ccco3)ccc2=O)c1. The molecule has 110 valence electrons. The Morgan fingerprint density at radius 1 is 1.18 bits per heavy atom. The smallest absolute Gasteiger partial charge is 0.255 e. The van der Waals surface area contributed by atoms with Crippen molar-refractivity contribution in [3.63, 3.8) is 0 Å². The van der Waals surface area contributed by atoms with Gasteiger partial charge in [-0.3, -0.25) is 9.36 Å². The van der Waals surface area contributed by atoms with E-state index in [2.05, 4.69) is 11.9 Å². The molecule has 0 saturated carbocycles. The number of nitrogens with one attached hydrogen (secondary N) is 1. The van der Waals surface area contributed by atoms with Gasteiger partial charge >= 0.3 is 0 Å². The molecule has 1 aromatic carbocycles. The quantitative estimate of drug-likeness (QED) is 0.789. The average Bonchev–Trinajstić information content (AvgIpc) is 3.01. The van der Waals surface area contributed by atoms with Crippen LogP contribution in [0.15, 0.2) is 82.5 Å². The second-order valence-electron chi connectivity index (χ2n) is 5.06. The maximum atomic E-state index is 12.2. The zero-order chi connectivity index (χ0) is 15.5. The molecule has 0 radical (unpaired) electrons. The van der Waals surface area contributed by atoms with Gasteiger partial charge in [0.2, 0.25) is 0 Å². The topological polar surface area (TPSA) is 47.2 Å². The van der Waals surface area contributed by atoms with E-state index in [1.165, 1.54) is 6.07 Å². The lowest BCUT2D eigenvalue weighted by Crippen LogP contribution is -2.16. The van der Waals surface area contributed by atoms with Gasteiger partial charge in [-0.05, 0) is 43.3 Å². The van der Waals surface area contributed by atoms with Crippen LogP contribution in [0.4, 0.5) is 5.69 Å². The zero-order valence-electron chi connectivity index (χ0n) is 12.2. The average molecular weight is 292 g/mol. The summed E-state index contributed by atoms with van der Waals surface area (Å²) >= 11 is 0. The molecule has 3 aromatic rings. The molecule has 0 aliphatic heterocycles. The molecule has 2 aromatic heterocycles. The van der Waals surface area contributed by atoms with Gasteiger partial charge in [-0.25, -0.2) is 0 Å². The lowest BCUT2D eigenvalue weighted by Gasteiger charge is -2.10. The molecule has 2 heterocycles. The third-order valence-corrected chi connectivity index (χ3v) is 3.20. The molecule has 0 amide bonds. The number of allylic oxidation sites excluding steroid dienone is 1. The summed E-state index contributed by atoms with van der Waals surface area (Å²) in [7, 11) is 0. The highest BCUT2D eigenvalue weighted by molar-refractivity contribution is 5.58. The first-order valence-electron chi connectivity index (χ1n) is 6.93. The number of rotatable bonds is 4. The molecule has 4 heteroatoms. The van der Waals surface area contributed by atoms with Crippen LogP contribution in [0.2, 0.25) is 0 Å². The Balaban J connectivity index is 2.06. The second-order valence-corrected chi connectivity index (χ2v) is 5.06. The van der Waals surface area contributed by atoms with Crippen molar-refractivity contribution in [2.45, 2.75) is 6.92 Å². The summed E-state index contributed by atoms with van der Waals surface area (Å²) in [5.74, 6) is 0.727. The minimum absolute atomic E-state index is 0.0946. The molecule has 1 N–H and O–H groups in total. The highest BCUT2D eigenvalue weighted by Crippen LogP contribution is 2.20. The van der Waals surface area contributed by atoms with E-state index < -0.39 is 0 Å². The normalized spacial score (nSPS) is 10.4. The van der Waals surface area contributed by atoms with Gasteiger partial charge < -0.3 is 9.73 Å². The standard InChI is InChI=1S/C18H16N2O2/c1-13(2)19-15-5-3-6-16(11-15)20-12-14(8-9-18(20)21)17-7-4-10-22-17/h3-12,19H,1H2,2H3. The van der Waals surface area contributed by atoms with Crippen LogP contribution in [-0.2, 0) is 0 Å². The predicted octanol–water partition coefficient (Wildman–Crippen LogP) is 4.04. The number of hydrogen-bond donors (Lipinski definition) is 1. The van der Waals surface area contributed by atoms with Gasteiger partial charge in [-0.2, -0.15) is 0 Å². The van der Waals surface area contributed by atoms with Gasteiger partial charge in [-0.15, -0.1) is 0 Å². The van der Waals surface area contributed by atoms with Gasteiger partial charge in [-0.1, -0.05) is 12.6 Å². The van der Waals surface area contributed by atoms with Crippen molar-refractivity contribution in [3.05, 3.63) is 83.6 Å². The largest absolute Gasteiger partial charge is 0.464 e. The molecule has 4 nitrogen and oxygen atoms in total. The molecule has 0 aliphatic carbocycles. The lowest BCUT2D eigenvalue weighted by molar-refractivity contribution is 0.581. The third kappa shape index (κ3) is 2.86. The van der Waals surface area contributed by atoms with Crippen molar-refractivity contribution in [3.8, 4) is 17.0 Å². The molecule has 0 bridgehead atoms. The first-order chi connectivity index (χ1) is 10.6. The Kier molecular flexibility index (Phi) is 3.66. The van der Waals surface area contributed by atoms with Gasteiger partial charge in [0, 0.05) is 29.2 Å². The number of benzene rings is 1. The van der Waals surface area contributed by atoms with Crippen molar-refractivity contribution in [1.29, 1.82) is 0 Å². The summed E-state index contributed by atoms with van der Waals surface area (Å²) in [6.07, 6.45) is 3.39. The molecule has 0 fully saturated rings. The van der Waals surface area contributed by atoms with E-state index in [0.29, 0.717) is 0 Å². The lowest BCUT2D eigenvalue weighted by atomic mass is 10.2. The Bertz CT molecular complexity index is 861. The molecular weight excluding hydrogens is 276 g/mol. The second kappa shape index (κ2) is 5.77. The summed E-state index contributed by atoms with van der Waals surface area (Å²) in [6, 6.07) is 14.6. The molecular formula is C18H16N2O2. The van der Waals surface area contributed by atoms with Crippen LogP contribution in [-0.4, -0.2) is 4.57 Å². The van der Waals surface area contributed by atoms with Crippen LogP contribution in [0.1, 0.15) is 6.92 Å². The number of furan rings is 1. The number of pyridine rings is 1. The third-order valence-electron chi connectivity index (χ3n) is 3.20. The predicted molar refractivity (Wildman–Crippen MR) is 88.2 cm³/mol. The first-order valence-corrected chi connectivity index (χ1v) is 6.93. The number of nitrogens with zero attached hydrogens (tertiary/aromatic N) is 1. The van der Waals surface area contributed by atoms with E-state index in [1.807, 2.05) is 43.3 Å². The molecule has 0 unspecified atom stereocenters. The maximum absolute atomic E-state index is 12.2. The fourth-order valence-electron chi connectivity index (χ4n) is 2.26. The zero-order valence-corrected chi connectivity index (χ0v) is 12.2. The van der Waals surface area contributed by atoms with Crippen molar-refractivity contribution >= 4 is 5.69 Å². The number of aromatic nitrogens is 1. The molecule has 0 aliphatic rings. The number of hydrogen-bond acceptors (Lipinski definition) is 3. The van der Waals surface area contributed by atoms with Crippen molar-refractivity contribution in [2.75, 3.05) is 5.32 Å². The Morgan fingerprint density at radius 2 is 2.05 bits per heavy atom. The van der Waals surface area contributed by atoms with Crippen LogP contribution in [0.5, 0.6) is 0 Å². The molecule has 22 heavy (non-hydrogen) atoms. The van der Waals surface area contributed by atoms with Gasteiger partial charge in [0.25, 0.3) is 5.56 Å². The van der Waals surface area contributed by atoms with Crippen LogP contribution < -0.4 is 10.9 Å². The van der Waals surface area contributed by atoms with Gasteiger partial charge in [0.15, 0.2) is 0 Å². The minimum atomic E-state index is -0.0946. The highest BCUT2D eigenvalue weighted by Gasteiger charge is 2.06. The van der Waals surface area contributed by atoms with Crippen molar-refractivity contribution in [1.82, 2.24) is 4.57 Å². The minimum Gasteiger partial charge on any atom is -0.464 e. The van der Waals surface area contributed by atoms with Gasteiger partial charge in [0.1, 0.15) is 5.76 Å². The first kappa shape index (κ1) is 13.9. The number of anilines is 1. The molecule has 0 atom stereocenters. The Hall–Kier alpha value is -3.01. The van der Waals surface area contributed by atoms with E-state index in [9.17, 15) is 4.79 Å². The van der Waals surface area contributed by atoms with Gasteiger partial charge in [0.05, 0.1) is 12.0 Å². The Labute approximate surface area is 128 Å². The summed E-state index contributed by atoms with van der Waals surface area (Å²) in [5, 5.41) is 3.15. The van der Waals surface area contributed by atoms with Crippen LogP contribution in [0, 0.1) is 0 Å². The molecule has 3 rings (SSSR count). The summed E-state index contributed by atoms with van der Waals surface area (Å²) in [6.45, 7) is 5.71. The van der Waals surface area contributed by atoms with Crippen molar-refractivity contribution in [2.24, 2.45) is 0 Å². The van der Waals surface area contributed by atoms with E-state index in [-0.39, 0.29) is 5.56 Å². The summed E-state index contributed by atoms with van der Waals surface area (Å²) < 4.78 is 6.99. The summed E-state index contributed by atoms with van der Waals surface area (Å²) in [4.78, 5) is 12.2. The molecule has 0 saturated heterocycles. The van der Waals surface area contributed by atoms with Crippen LogP contribution in [0.3, 0.4) is 0 Å². The van der Waals surface area contributed by atoms with E-state index in [4.69, 9.17) is 4.42 Å². The van der Waals surface area contributed by atoms with E-state index in [0.717, 1.165) is 28.4 Å². The van der Waals surface area contributed by atoms with E-state index >= 15 is 0 Å². The van der Waals surface area contributed by atoms with Crippen molar-refractivity contribution < 1.29 is 4.42 Å².